The number of hydrogen-bond acceptors (Lipinski definition) is 6. The maximum atomic E-state index is 13.8. The zero-order chi connectivity index (χ0) is 25.6. The number of hydrogen-bond donors (Lipinski definition) is 0. The molecule has 1 atom stereocenters. The lowest BCUT2D eigenvalue weighted by Crippen LogP contribution is -2.44. The number of carbonyl (C=O) groups is 2. The smallest absolute Gasteiger partial charge is 0.435 e. The molecule has 8 nitrogen and oxygen atoms in total. The van der Waals surface area contributed by atoms with E-state index in [1.54, 1.807) is 20.4 Å². The molecule has 8 heteroatoms. The van der Waals surface area contributed by atoms with Gasteiger partial charge in [-0.05, 0) is 93.5 Å². The Labute approximate surface area is 211 Å². The molecule has 1 unspecified atom stereocenters. The number of rotatable bonds is 5. The fourth-order valence-corrected chi connectivity index (χ4v) is 4.96. The molecule has 1 fully saturated rings. The summed E-state index contributed by atoms with van der Waals surface area (Å²) >= 11 is 0. The van der Waals surface area contributed by atoms with Crippen molar-refractivity contribution in [3.8, 4) is 11.5 Å². The van der Waals surface area contributed by atoms with Gasteiger partial charge < -0.3 is 19.1 Å². The third-order valence-electron chi connectivity index (χ3n) is 6.79. The van der Waals surface area contributed by atoms with Crippen molar-refractivity contribution in [2.75, 3.05) is 14.2 Å². The Morgan fingerprint density at radius 3 is 2.31 bits per heavy atom. The van der Waals surface area contributed by atoms with Crippen molar-refractivity contribution in [2.24, 2.45) is 0 Å². The lowest BCUT2D eigenvalue weighted by atomic mass is 9.91. The Morgan fingerprint density at radius 1 is 0.972 bits per heavy atom. The molecular formula is C28H33N3O5. The number of nitrogens with zero attached hydrogens (tertiary/aromatic N) is 3. The van der Waals surface area contributed by atoms with Gasteiger partial charge in [0.25, 0.3) is 5.91 Å². The van der Waals surface area contributed by atoms with Gasteiger partial charge in [0, 0.05) is 23.8 Å². The second kappa shape index (κ2) is 9.15. The monoisotopic (exact) mass is 491 g/mol. The van der Waals surface area contributed by atoms with E-state index in [-0.39, 0.29) is 18.0 Å². The summed E-state index contributed by atoms with van der Waals surface area (Å²) in [5.41, 5.74) is 1.99. The van der Waals surface area contributed by atoms with Crippen molar-refractivity contribution in [1.29, 1.82) is 0 Å². The van der Waals surface area contributed by atoms with E-state index in [0.29, 0.717) is 23.5 Å². The average Bonchev–Trinajstić information content (AvgIpc) is 3.58. The van der Waals surface area contributed by atoms with Gasteiger partial charge in [-0.3, -0.25) is 4.79 Å². The normalized spacial score (nSPS) is 17.4. The Bertz CT molecular complexity index is 1320. The standard InChI is InChI=1S/C28H33N3O5/c1-28(2,3)36-27(33)30-16-20-13-22(10-11-23(20)29-30)31(21-8-9-21)26(32)18-7-6-17-14-24(34-4)25(35-5)15-19(17)12-18/h6-7,12,14-16,21-22H,8-11,13H2,1-5H3. The molecule has 0 bridgehead atoms. The lowest BCUT2D eigenvalue weighted by molar-refractivity contribution is 0.0513. The first-order valence-electron chi connectivity index (χ1n) is 12.5. The van der Waals surface area contributed by atoms with Crippen molar-refractivity contribution in [1.82, 2.24) is 14.7 Å². The minimum Gasteiger partial charge on any atom is -0.493 e. The van der Waals surface area contributed by atoms with Gasteiger partial charge in [0.2, 0.25) is 0 Å². The molecular weight excluding hydrogens is 458 g/mol. The molecule has 2 aliphatic carbocycles. The summed E-state index contributed by atoms with van der Waals surface area (Å²) in [6, 6.07) is 9.93. The van der Waals surface area contributed by atoms with Gasteiger partial charge >= 0.3 is 6.09 Å². The highest BCUT2D eigenvalue weighted by atomic mass is 16.6. The van der Waals surface area contributed by atoms with E-state index in [9.17, 15) is 9.59 Å². The van der Waals surface area contributed by atoms with Gasteiger partial charge in [0.05, 0.1) is 19.9 Å². The summed E-state index contributed by atoms with van der Waals surface area (Å²) in [5.74, 6) is 1.34. The van der Waals surface area contributed by atoms with Crippen LogP contribution in [0.3, 0.4) is 0 Å². The van der Waals surface area contributed by atoms with Crippen molar-refractivity contribution >= 4 is 22.8 Å². The molecule has 0 spiro atoms. The maximum absolute atomic E-state index is 13.8. The molecule has 3 aromatic rings. The maximum Gasteiger partial charge on any atom is 0.435 e. The predicted octanol–water partition coefficient (Wildman–Crippen LogP) is 5.00. The van der Waals surface area contributed by atoms with Gasteiger partial charge in [0.15, 0.2) is 11.5 Å². The summed E-state index contributed by atoms with van der Waals surface area (Å²) in [6.45, 7) is 5.51. The highest BCUT2D eigenvalue weighted by molar-refractivity contribution is 5.99. The number of aryl methyl sites for hydroxylation is 1. The zero-order valence-corrected chi connectivity index (χ0v) is 21.5. The Balaban J connectivity index is 1.39. The summed E-state index contributed by atoms with van der Waals surface area (Å²) in [5, 5.41) is 6.39. The molecule has 190 valence electrons. The van der Waals surface area contributed by atoms with E-state index in [2.05, 4.69) is 10.00 Å². The predicted molar refractivity (Wildman–Crippen MR) is 136 cm³/mol. The van der Waals surface area contributed by atoms with Crippen LogP contribution in [0.15, 0.2) is 36.5 Å². The lowest BCUT2D eigenvalue weighted by Gasteiger charge is -2.34. The number of aromatic nitrogens is 2. The summed E-state index contributed by atoms with van der Waals surface area (Å²) in [6.07, 6.45) is 5.54. The molecule has 2 aromatic carbocycles. The summed E-state index contributed by atoms with van der Waals surface area (Å²) in [7, 11) is 3.22. The Kier molecular flexibility index (Phi) is 6.14. The van der Waals surface area contributed by atoms with Crippen LogP contribution in [-0.2, 0) is 17.6 Å². The first-order chi connectivity index (χ1) is 17.2. The Hall–Kier alpha value is -3.55. The zero-order valence-electron chi connectivity index (χ0n) is 21.5. The molecule has 1 heterocycles. The van der Waals surface area contributed by atoms with E-state index >= 15 is 0 Å². The molecule has 1 aromatic heterocycles. The molecule has 0 N–H and O–H groups in total. The molecule has 1 amide bonds. The second-order valence-corrected chi connectivity index (χ2v) is 10.6. The third kappa shape index (κ3) is 4.76. The first-order valence-corrected chi connectivity index (χ1v) is 12.5. The van der Waals surface area contributed by atoms with Crippen LogP contribution in [0, 0.1) is 0 Å². The highest BCUT2D eigenvalue weighted by Crippen LogP contribution is 2.36. The van der Waals surface area contributed by atoms with E-state index in [1.165, 1.54) is 4.68 Å². The third-order valence-corrected chi connectivity index (χ3v) is 6.79. The largest absolute Gasteiger partial charge is 0.493 e. The van der Waals surface area contributed by atoms with Crippen molar-refractivity contribution in [3.63, 3.8) is 0 Å². The fraction of sp³-hybridized carbons (Fsp3) is 0.464. The summed E-state index contributed by atoms with van der Waals surface area (Å²) < 4.78 is 17.6. The number of methoxy groups -OCH3 is 2. The van der Waals surface area contributed by atoms with Crippen LogP contribution < -0.4 is 9.47 Å². The Morgan fingerprint density at radius 2 is 1.67 bits per heavy atom. The topological polar surface area (TPSA) is 82.9 Å². The SMILES string of the molecule is COc1cc2ccc(C(=O)N(C3CC3)C3CCc4nn(C(=O)OC(C)(C)C)cc4C3)cc2cc1OC. The molecule has 0 radical (unpaired) electrons. The van der Waals surface area contributed by atoms with Gasteiger partial charge in [0.1, 0.15) is 5.60 Å². The van der Waals surface area contributed by atoms with Crippen LogP contribution in [0.2, 0.25) is 0 Å². The van der Waals surface area contributed by atoms with Gasteiger partial charge in [-0.2, -0.15) is 9.78 Å². The summed E-state index contributed by atoms with van der Waals surface area (Å²) in [4.78, 5) is 28.4. The van der Waals surface area contributed by atoms with Crippen LogP contribution in [0.4, 0.5) is 4.79 Å². The van der Waals surface area contributed by atoms with Crippen LogP contribution in [-0.4, -0.2) is 58.6 Å². The second-order valence-electron chi connectivity index (χ2n) is 10.6. The highest BCUT2D eigenvalue weighted by Gasteiger charge is 2.39. The molecule has 2 aliphatic rings. The number of benzene rings is 2. The van der Waals surface area contributed by atoms with Crippen molar-refractivity contribution in [2.45, 2.75) is 70.6 Å². The fourth-order valence-electron chi connectivity index (χ4n) is 4.96. The van der Waals surface area contributed by atoms with Crippen LogP contribution in [0.5, 0.6) is 11.5 Å². The first kappa shape index (κ1) is 24.2. The van der Waals surface area contributed by atoms with Crippen LogP contribution >= 0.6 is 0 Å². The number of fused-ring (bicyclic) bond motifs is 2. The molecule has 36 heavy (non-hydrogen) atoms. The van der Waals surface area contributed by atoms with E-state index in [0.717, 1.165) is 47.7 Å². The number of amides is 1. The minimum absolute atomic E-state index is 0.0437. The van der Waals surface area contributed by atoms with Gasteiger partial charge in [-0.15, -0.1) is 0 Å². The van der Waals surface area contributed by atoms with Crippen LogP contribution in [0.25, 0.3) is 10.8 Å². The van der Waals surface area contributed by atoms with E-state index < -0.39 is 11.7 Å². The van der Waals surface area contributed by atoms with Crippen molar-refractivity contribution in [3.05, 3.63) is 53.3 Å². The molecule has 0 saturated heterocycles. The van der Waals surface area contributed by atoms with Gasteiger partial charge in [-0.1, -0.05) is 6.07 Å². The quantitative estimate of drug-likeness (QED) is 0.500. The average molecular weight is 492 g/mol. The van der Waals surface area contributed by atoms with Crippen molar-refractivity contribution < 1.29 is 23.8 Å². The van der Waals surface area contributed by atoms with Gasteiger partial charge in [-0.25, -0.2) is 4.79 Å². The van der Waals surface area contributed by atoms with E-state index in [4.69, 9.17) is 14.2 Å². The van der Waals surface area contributed by atoms with Crippen LogP contribution in [0.1, 0.15) is 61.6 Å². The number of carbonyl (C=O) groups excluding carboxylic acids is 2. The molecule has 5 rings (SSSR count). The number of ether oxygens (including phenoxy) is 3. The van der Waals surface area contributed by atoms with E-state index in [1.807, 2.05) is 51.1 Å². The molecule has 0 aliphatic heterocycles. The minimum atomic E-state index is -0.587. The molecule has 1 saturated carbocycles.